The Bertz CT molecular complexity index is 238. The maximum Gasteiger partial charge on any atom is 0.104 e. The van der Waals surface area contributed by atoms with E-state index in [2.05, 4.69) is 17.9 Å². The molecule has 3 heteroatoms. The van der Waals surface area contributed by atoms with Gasteiger partial charge in [-0.15, -0.1) is 0 Å². The molecule has 92 valence electrons. The van der Waals surface area contributed by atoms with Crippen molar-refractivity contribution in [3.63, 3.8) is 0 Å². The van der Waals surface area contributed by atoms with Crippen LogP contribution in [0.3, 0.4) is 0 Å². The lowest BCUT2D eigenvalue weighted by atomic mass is 9.93. The molecule has 1 saturated heterocycles. The number of nitrogens with two attached hydrogens (primary N) is 1. The van der Waals surface area contributed by atoms with Crippen molar-refractivity contribution in [2.45, 2.75) is 51.5 Å². The van der Waals surface area contributed by atoms with E-state index in [0.29, 0.717) is 0 Å². The maximum absolute atomic E-state index is 8.97. The first kappa shape index (κ1) is 13.5. The summed E-state index contributed by atoms with van der Waals surface area (Å²) >= 11 is 0. The second kappa shape index (κ2) is 6.22. The lowest BCUT2D eigenvalue weighted by Crippen LogP contribution is -2.39. The van der Waals surface area contributed by atoms with Gasteiger partial charge < -0.3 is 10.6 Å². The molecule has 2 N–H and O–H groups in total. The van der Waals surface area contributed by atoms with Gasteiger partial charge in [-0.2, -0.15) is 5.26 Å². The predicted octanol–water partition coefficient (Wildman–Crippen LogP) is 2.13. The van der Waals surface area contributed by atoms with E-state index in [1.54, 1.807) is 0 Å². The van der Waals surface area contributed by atoms with Crippen molar-refractivity contribution < 1.29 is 0 Å². The third-order valence-corrected chi connectivity index (χ3v) is 3.83. The summed E-state index contributed by atoms with van der Waals surface area (Å²) in [5.74, 6) is 0.889. The monoisotopic (exact) mass is 223 g/mol. The summed E-state index contributed by atoms with van der Waals surface area (Å²) in [7, 11) is 0. The molecule has 0 radical (unpaired) electrons. The van der Waals surface area contributed by atoms with E-state index < -0.39 is 5.54 Å². The fraction of sp³-hybridized carbons (Fsp3) is 0.923. The van der Waals surface area contributed by atoms with Gasteiger partial charge in [0, 0.05) is 0 Å². The fourth-order valence-corrected chi connectivity index (χ4v) is 2.22. The molecule has 1 aliphatic heterocycles. The zero-order chi connectivity index (χ0) is 12.0. The Morgan fingerprint density at radius 3 is 2.56 bits per heavy atom. The van der Waals surface area contributed by atoms with Gasteiger partial charge in [-0.25, -0.2) is 0 Å². The first-order valence-electron chi connectivity index (χ1n) is 6.52. The molecule has 0 aromatic heterocycles. The van der Waals surface area contributed by atoms with Crippen LogP contribution in [0.5, 0.6) is 0 Å². The summed E-state index contributed by atoms with van der Waals surface area (Å²) < 4.78 is 0. The SMILES string of the molecule is CCC(N)(C#N)CCCN1CCC(C)CC1. The summed E-state index contributed by atoms with van der Waals surface area (Å²) in [5, 5.41) is 8.97. The zero-order valence-corrected chi connectivity index (χ0v) is 10.7. The molecule has 1 rings (SSSR count). The Morgan fingerprint density at radius 2 is 2.06 bits per heavy atom. The first-order chi connectivity index (χ1) is 7.59. The van der Waals surface area contributed by atoms with Gasteiger partial charge in [0.1, 0.15) is 5.54 Å². The van der Waals surface area contributed by atoms with Crippen molar-refractivity contribution in [1.29, 1.82) is 5.26 Å². The number of rotatable bonds is 5. The Balaban J connectivity index is 2.18. The molecule has 0 aliphatic carbocycles. The van der Waals surface area contributed by atoms with Crippen LogP contribution in [0, 0.1) is 17.2 Å². The van der Waals surface area contributed by atoms with Gasteiger partial charge in [-0.1, -0.05) is 13.8 Å². The molecule has 1 heterocycles. The molecule has 0 aromatic rings. The molecule has 3 nitrogen and oxygen atoms in total. The van der Waals surface area contributed by atoms with Gasteiger partial charge in [-0.05, 0) is 57.7 Å². The summed E-state index contributed by atoms with van der Waals surface area (Å²) in [6, 6.07) is 2.23. The molecule has 1 fully saturated rings. The molecule has 0 aromatic carbocycles. The molecule has 16 heavy (non-hydrogen) atoms. The van der Waals surface area contributed by atoms with Crippen molar-refractivity contribution in [3.05, 3.63) is 0 Å². The number of nitriles is 1. The number of hydrogen-bond acceptors (Lipinski definition) is 3. The molecule has 0 amide bonds. The van der Waals surface area contributed by atoms with Gasteiger partial charge in [0.05, 0.1) is 6.07 Å². The van der Waals surface area contributed by atoms with Crippen molar-refractivity contribution in [3.8, 4) is 6.07 Å². The summed E-state index contributed by atoms with van der Waals surface area (Å²) in [4.78, 5) is 2.51. The van der Waals surface area contributed by atoms with E-state index in [9.17, 15) is 0 Å². The van der Waals surface area contributed by atoms with Crippen LogP contribution >= 0.6 is 0 Å². The highest BCUT2D eigenvalue weighted by atomic mass is 15.1. The van der Waals surface area contributed by atoms with E-state index in [4.69, 9.17) is 11.0 Å². The minimum atomic E-state index is -0.594. The third-order valence-electron chi connectivity index (χ3n) is 3.83. The molecule has 0 spiro atoms. The lowest BCUT2D eigenvalue weighted by Gasteiger charge is -2.31. The van der Waals surface area contributed by atoms with Gasteiger partial charge in [0.2, 0.25) is 0 Å². The lowest BCUT2D eigenvalue weighted by molar-refractivity contribution is 0.186. The van der Waals surface area contributed by atoms with Crippen LogP contribution in [0.1, 0.15) is 46.0 Å². The highest BCUT2D eigenvalue weighted by Crippen LogP contribution is 2.18. The standard InChI is InChI=1S/C13H25N3/c1-3-13(15,11-14)7-4-8-16-9-5-12(2)6-10-16/h12H,3-10,15H2,1-2H3. The Hall–Kier alpha value is -0.590. The normalized spacial score (nSPS) is 22.6. The predicted molar refractivity (Wildman–Crippen MR) is 66.9 cm³/mol. The van der Waals surface area contributed by atoms with Crippen LogP contribution in [0.2, 0.25) is 0 Å². The van der Waals surface area contributed by atoms with Gasteiger partial charge in [0.25, 0.3) is 0 Å². The van der Waals surface area contributed by atoms with Crippen LogP contribution in [-0.2, 0) is 0 Å². The summed E-state index contributed by atoms with van der Waals surface area (Å²) in [6.45, 7) is 7.86. The second-order valence-corrected chi connectivity index (χ2v) is 5.25. The molecule has 0 saturated carbocycles. The highest BCUT2D eigenvalue weighted by Gasteiger charge is 2.22. The minimum absolute atomic E-state index is 0.594. The number of piperidine rings is 1. The van der Waals surface area contributed by atoms with Crippen LogP contribution in [0.4, 0.5) is 0 Å². The highest BCUT2D eigenvalue weighted by molar-refractivity contribution is 5.03. The van der Waals surface area contributed by atoms with E-state index in [1.165, 1.54) is 25.9 Å². The molecule has 1 atom stereocenters. The Labute approximate surface area is 99.6 Å². The minimum Gasteiger partial charge on any atom is -0.313 e. The second-order valence-electron chi connectivity index (χ2n) is 5.25. The topological polar surface area (TPSA) is 53.1 Å². The van der Waals surface area contributed by atoms with Crippen molar-refractivity contribution in [2.75, 3.05) is 19.6 Å². The largest absolute Gasteiger partial charge is 0.313 e. The van der Waals surface area contributed by atoms with E-state index in [-0.39, 0.29) is 0 Å². The number of hydrogen-bond donors (Lipinski definition) is 1. The third kappa shape index (κ3) is 4.11. The first-order valence-corrected chi connectivity index (χ1v) is 6.52. The molecule has 1 aliphatic rings. The van der Waals surface area contributed by atoms with Crippen LogP contribution < -0.4 is 5.73 Å². The number of nitrogens with zero attached hydrogens (tertiary/aromatic N) is 2. The van der Waals surface area contributed by atoms with Gasteiger partial charge >= 0.3 is 0 Å². The molecule has 1 unspecified atom stereocenters. The maximum atomic E-state index is 8.97. The van der Waals surface area contributed by atoms with E-state index >= 15 is 0 Å². The summed E-state index contributed by atoms with van der Waals surface area (Å²) in [6.07, 6.45) is 5.26. The Kier molecular flexibility index (Phi) is 5.24. The zero-order valence-electron chi connectivity index (χ0n) is 10.7. The summed E-state index contributed by atoms with van der Waals surface area (Å²) in [5.41, 5.74) is 5.36. The van der Waals surface area contributed by atoms with Crippen LogP contribution in [0.15, 0.2) is 0 Å². The molecular formula is C13H25N3. The Morgan fingerprint density at radius 1 is 1.44 bits per heavy atom. The van der Waals surface area contributed by atoms with Crippen LogP contribution in [0.25, 0.3) is 0 Å². The van der Waals surface area contributed by atoms with E-state index in [1.807, 2.05) is 6.92 Å². The average molecular weight is 223 g/mol. The van der Waals surface area contributed by atoms with Crippen molar-refractivity contribution >= 4 is 0 Å². The van der Waals surface area contributed by atoms with Gasteiger partial charge in [0.15, 0.2) is 0 Å². The quantitative estimate of drug-likeness (QED) is 0.777. The average Bonchev–Trinajstić information content (AvgIpc) is 2.31. The molecular weight excluding hydrogens is 198 g/mol. The van der Waals surface area contributed by atoms with Crippen molar-refractivity contribution in [1.82, 2.24) is 4.90 Å². The van der Waals surface area contributed by atoms with Crippen molar-refractivity contribution in [2.24, 2.45) is 11.7 Å². The molecule has 0 bridgehead atoms. The number of likely N-dealkylation sites (tertiary alicyclic amines) is 1. The van der Waals surface area contributed by atoms with Crippen LogP contribution in [-0.4, -0.2) is 30.1 Å². The smallest absolute Gasteiger partial charge is 0.104 e. The van der Waals surface area contributed by atoms with E-state index in [0.717, 1.165) is 31.7 Å². The fourth-order valence-electron chi connectivity index (χ4n) is 2.22. The van der Waals surface area contributed by atoms with Gasteiger partial charge in [-0.3, -0.25) is 0 Å².